The van der Waals surface area contributed by atoms with Gasteiger partial charge in [0.1, 0.15) is 0 Å². The van der Waals surface area contributed by atoms with Crippen molar-refractivity contribution in [2.24, 2.45) is 0 Å². The molecule has 0 bridgehead atoms. The standard InChI is InChI=1S/C15H25NO/c1-5-12-10-9-11-13(6-2)15(12)16-17-14(7-3)8-4/h9-11,14,16H,5-8H2,1-4H3. The predicted octanol–water partition coefficient (Wildman–Crippen LogP) is 4.34. The molecule has 0 aromatic heterocycles. The third kappa shape index (κ3) is 3.74. The number of benzene rings is 1. The van der Waals surface area contributed by atoms with Gasteiger partial charge in [-0.25, -0.2) is 0 Å². The smallest absolute Gasteiger partial charge is 0.0848 e. The van der Waals surface area contributed by atoms with Gasteiger partial charge in [0.2, 0.25) is 0 Å². The van der Waals surface area contributed by atoms with Crippen LogP contribution in [0.3, 0.4) is 0 Å². The highest BCUT2D eigenvalue weighted by Gasteiger charge is 2.08. The summed E-state index contributed by atoms with van der Waals surface area (Å²) in [5.41, 5.74) is 7.01. The van der Waals surface area contributed by atoms with E-state index in [0.717, 1.165) is 25.7 Å². The number of rotatable bonds is 7. The molecule has 0 unspecified atom stereocenters. The zero-order valence-electron chi connectivity index (χ0n) is 11.5. The van der Waals surface area contributed by atoms with Crippen LogP contribution in [0.5, 0.6) is 0 Å². The summed E-state index contributed by atoms with van der Waals surface area (Å²) in [6.45, 7) is 8.67. The minimum Gasteiger partial charge on any atom is -0.273 e. The van der Waals surface area contributed by atoms with Gasteiger partial charge in [-0.1, -0.05) is 45.9 Å². The largest absolute Gasteiger partial charge is 0.273 e. The van der Waals surface area contributed by atoms with E-state index in [1.54, 1.807) is 0 Å². The van der Waals surface area contributed by atoms with Crippen molar-refractivity contribution in [2.75, 3.05) is 5.48 Å². The van der Waals surface area contributed by atoms with Gasteiger partial charge in [0.15, 0.2) is 0 Å². The van der Waals surface area contributed by atoms with Gasteiger partial charge < -0.3 is 0 Å². The second kappa shape index (κ2) is 7.33. The maximum atomic E-state index is 5.76. The Bertz CT molecular complexity index is 309. The predicted molar refractivity (Wildman–Crippen MR) is 74.3 cm³/mol. The molecule has 2 nitrogen and oxygen atoms in total. The van der Waals surface area contributed by atoms with Crippen molar-refractivity contribution in [1.82, 2.24) is 0 Å². The zero-order valence-corrected chi connectivity index (χ0v) is 11.5. The van der Waals surface area contributed by atoms with E-state index in [0.29, 0.717) is 6.10 Å². The fourth-order valence-corrected chi connectivity index (χ4v) is 1.97. The molecule has 2 heteroatoms. The van der Waals surface area contributed by atoms with Crippen molar-refractivity contribution in [1.29, 1.82) is 0 Å². The second-order valence-electron chi connectivity index (χ2n) is 4.32. The van der Waals surface area contributed by atoms with Crippen molar-refractivity contribution in [3.05, 3.63) is 29.3 Å². The maximum Gasteiger partial charge on any atom is 0.0848 e. The van der Waals surface area contributed by atoms with Gasteiger partial charge in [0, 0.05) is 0 Å². The first-order chi connectivity index (χ1) is 8.26. The van der Waals surface area contributed by atoms with Crippen molar-refractivity contribution < 1.29 is 4.84 Å². The molecule has 1 N–H and O–H groups in total. The van der Waals surface area contributed by atoms with Gasteiger partial charge in [-0.3, -0.25) is 10.3 Å². The third-order valence-corrected chi connectivity index (χ3v) is 3.24. The summed E-state index contributed by atoms with van der Waals surface area (Å²) >= 11 is 0. The van der Waals surface area contributed by atoms with Gasteiger partial charge in [0.25, 0.3) is 0 Å². The number of aryl methyl sites for hydroxylation is 2. The Hall–Kier alpha value is -1.02. The lowest BCUT2D eigenvalue weighted by Crippen LogP contribution is -2.16. The Kier molecular flexibility index (Phi) is 6.06. The molecule has 0 saturated heterocycles. The lowest BCUT2D eigenvalue weighted by molar-refractivity contribution is 0.0931. The summed E-state index contributed by atoms with van der Waals surface area (Å²) in [5, 5.41) is 0. The van der Waals surface area contributed by atoms with Gasteiger partial charge in [-0.2, -0.15) is 0 Å². The molecular weight excluding hydrogens is 210 g/mol. The molecule has 1 aromatic carbocycles. The van der Waals surface area contributed by atoms with E-state index in [4.69, 9.17) is 4.84 Å². The van der Waals surface area contributed by atoms with Crippen molar-refractivity contribution in [2.45, 2.75) is 59.5 Å². The zero-order chi connectivity index (χ0) is 12.7. The van der Waals surface area contributed by atoms with Crippen LogP contribution in [-0.4, -0.2) is 6.10 Å². The number of para-hydroxylation sites is 1. The fraction of sp³-hybridized carbons (Fsp3) is 0.600. The number of hydrogen-bond donors (Lipinski definition) is 1. The molecule has 0 fully saturated rings. The molecule has 96 valence electrons. The van der Waals surface area contributed by atoms with Crippen LogP contribution in [-0.2, 0) is 17.7 Å². The normalized spacial score (nSPS) is 10.9. The molecule has 0 aliphatic rings. The summed E-state index contributed by atoms with van der Waals surface area (Å²) < 4.78 is 0. The monoisotopic (exact) mass is 235 g/mol. The van der Waals surface area contributed by atoms with Crippen molar-refractivity contribution >= 4 is 5.69 Å². The molecule has 1 rings (SSSR count). The van der Waals surface area contributed by atoms with Crippen LogP contribution in [0.4, 0.5) is 5.69 Å². The van der Waals surface area contributed by atoms with E-state index < -0.39 is 0 Å². The van der Waals surface area contributed by atoms with Crippen LogP contribution in [0, 0.1) is 0 Å². The molecular formula is C15H25NO. The lowest BCUT2D eigenvalue weighted by Gasteiger charge is -2.19. The third-order valence-electron chi connectivity index (χ3n) is 3.24. The summed E-state index contributed by atoms with van der Waals surface area (Å²) in [7, 11) is 0. The SMILES string of the molecule is CCc1cccc(CC)c1NOC(CC)CC. The summed E-state index contributed by atoms with van der Waals surface area (Å²) in [4.78, 5) is 5.76. The quantitative estimate of drug-likeness (QED) is 0.710. The second-order valence-corrected chi connectivity index (χ2v) is 4.32. The van der Waals surface area contributed by atoms with Gasteiger partial charge in [-0.05, 0) is 36.8 Å². The topological polar surface area (TPSA) is 21.3 Å². The van der Waals surface area contributed by atoms with E-state index in [2.05, 4.69) is 51.4 Å². The van der Waals surface area contributed by atoms with Crippen LogP contribution in [0.1, 0.15) is 51.7 Å². The summed E-state index contributed by atoms with van der Waals surface area (Å²) in [6, 6.07) is 6.45. The molecule has 17 heavy (non-hydrogen) atoms. The molecule has 1 aromatic rings. The molecule has 0 heterocycles. The number of hydrogen-bond acceptors (Lipinski definition) is 2. The number of nitrogens with one attached hydrogen (secondary N) is 1. The van der Waals surface area contributed by atoms with Gasteiger partial charge >= 0.3 is 0 Å². The minimum atomic E-state index is 0.296. The van der Waals surface area contributed by atoms with Crippen LogP contribution < -0.4 is 5.48 Å². The molecule has 0 amide bonds. The average molecular weight is 235 g/mol. The highest BCUT2D eigenvalue weighted by Crippen LogP contribution is 2.23. The Morgan fingerprint density at radius 3 is 1.94 bits per heavy atom. The van der Waals surface area contributed by atoms with E-state index in [1.165, 1.54) is 16.8 Å². The fourth-order valence-electron chi connectivity index (χ4n) is 1.97. The van der Waals surface area contributed by atoms with E-state index in [-0.39, 0.29) is 0 Å². The molecule has 0 saturated carbocycles. The highest BCUT2D eigenvalue weighted by atomic mass is 16.7. The van der Waals surface area contributed by atoms with E-state index in [1.807, 2.05) is 0 Å². The Morgan fingerprint density at radius 1 is 1.00 bits per heavy atom. The molecule has 0 radical (unpaired) electrons. The van der Waals surface area contributed by atoms with E-state index >= 15 is 0 Å². The van der Waals surface area contributed by atoms with Crippen LogP contribution >= 0.6 is 0 Å². The summed E-state index contributed by atoms with van der Waals surface area (Å²) in [5.74, 6) is 0. The summed E-state index contributed by atoms with van der Waals surface area (Å²) in [6.07, 6.45) is 4.44. The Balaban J connectivity index is 2.80. The van der Waals surface area contributed by atoms with Crippen LogP contribution in [0.2, 0.25) is 0 Å². The van der Waals surface area contributed by atoms with Gasteiger partial charge in [-0.15, -0.1) is 0 Å². The van der Waals surface area contributed by atoms with Crippen molar-refractivity contribution in [3.63, 3.8) is 0 Å². The van der Waals surface area contributed by atoms with E-state index in [9.17, 15) is 0 Å². The molecule has 0 aliphatic heterocycles. The molecule has 0 spiro atoms. The number of anilines is 1. The molecule has 0 aliphatic carbocycles. The first-order valence-corrected chi connectivity index (χ1v) is 6.79. The minimum absolute atomic E-state index is 0.296. The van der Waals surface area contributed by atoms with Crippen LogP contribution in [0.15, 0.2) is 18.2 Å². The lowest BCUT2D eigenvalue weighted by atomic mass is 10.0. The maximum absolute atomic E-state index is 5.76. The first-order valence-electron chi connectivity index (χ1n) is 6.79. The van der Waals surface area contributed by atoms with Gasteiger partial charge in [0.05, 0.1) is 11.8 Å². The Labute approximate surface area is 105 Å². The van der Waals surface area contributed by atoms with Crippen LogP contribution in [0.25, 0.3) is 0 Å². The van der Waals surface area contributed by atoms with Crippen molar-refractivity contribution in [3.8, 4) is 0 Å². The highest BCUT2D eigenvalue weighted by molar-refractivity contribution is 5.56. The first kappa shape index (κ1) is 14.0. The average Bonchev–Trinajstić information content (AvgIpc) is 2.39. The molecule has 0 atom stereocenters. The Morgan fingerprint density at radius 2 is 1.53 bits per heavy atom.